The Kier molecular flexibility index (Phi) is 4.35. The second-order valence-electron chi connectivity index (χ2n) is 2.70. The number of hydrogen-bond acceptors (Lipinski definition) is 0. The first-order valence-corrected chi connectivity index (χ1v) is 3.78. The molecule has 50 valence electrons. The van der Waals surface area contributed by atoms with Crippen LogP contribution >= 0.6 is 11.6 Å². The highest BCUT2D eigenvalue weighted by molar-refractivity contribution is 6.17. The zero-order valence-electron chi connectivity index (χ0n) is 5.95. The average molecular weight is 135 g/mol. The van der Waals surface area contributed by atoms with E-state index < -0.39 is 0 Å². The van der Waals surface area contributed by atoms with Gasteiger partial charge in [0.05, 0.1) is 0 Å². The molecule has 0 aliphatic heterocycles. The third-order valence-electron chi connectivity index (χ3n) is 1.70. The summed E-state index contributed by atoms with van der Waals surface area (Å²) in [6.45, 7) is 6.71. The summed E-state index contributed by atoms with van der Waals surface area (Å²) in [4.78, 5) is 0. The summed E-state index contributed by atoms with van der Waals surface area (Å²) in [6.07, 6.45) is 1.15. The molecule has 0 heterocycles. The van der Waals surface area contributed by atoms with Gasteiger partial charge in [0.15, 0.2) is 0 Å². The Morgan fingerprint density at radius 1 is 1.25 bits per heavy atom. The third kappa shape index (κ3) is 3.31. The minimum atomic E-state index is 0.785. The predicted octanol–water partition coefficient (Wildman–Crippen LogP) is 2.91. The van der Waals surface area contributed by atoms with Crippen LogP contribution in [0.1, 0.15) is 27.2 Å². The lowest BCUT2D eigenvalue weighted by Gasteiger charge is -2.12. The molecule has 0 spiro atoms. The lowest BCUT2D eigenvalue weighted by Crippen LogP contribution is -2.03. The van der Waals surface area contributed by atoms with Crippen LogP contribution in [0.25, 0.3) is 0 Å². The van der Waals surface area contributed by atoms with Gasteiger partial charge in [-0.1, -0.05) is 20.8 Å². The molecular weight excluding hydrogens is 120 g/mol. The zero-order chi connectivity index (χ0) is 6.57. The molecule has 0 aliphatic carbocycles. The van der Waals surface area contributed by atoms with Gasteiger partial charge in [0, 0.05) is 5.88 Å². The molecule has 0 nitrogen and oxygen atoms in total. The van der Waals surface area contributed by atoms with E-state index in [0.717, 1.165) is 24.1 Å². The Morgan fingerprint density at radius 3 is 1.88 bits per heavy atom. The molecule has 0 aromatic rings. The summed E-state index contributed by atoms with van der Waals surface area (Å²) in [5.41, 5.74) is 0. The lowest BCUT2D eigenvalue weighted by atomic mass is 9.96. The quantitative estimate of drug-likeness (QED) is 0.521. The van der Waals surface area contributed by atoms with Crippen LogP contribution in [0.5, 0.6) is 0 Å². The van der Waals surface area contributed by atoms with Crippen LogP contribution in [-0.4, -0.2) is 5.88 Å². The van der Waals surface area contributed by atoms with Gasteiger partial charge in [0.1, 0.15) is 0 Å². The van der Waals surface area contributed by atoms with E-state index in [1.807, 2.05) is 0 Å². The van der Waals surface area contributed by atoms with Crippen molar-refractivity contribution in [3.63, 3.8) is 0 Å². The summed E-state index contributed by atoms with van der Waals surface area (Å²) < 4.78 is 0. The molecule has 0 aromatic heterocycles. The molecule has 0 N–H and O–H groups in total. The Balaban J connectivity index is 3.17. The maximum atomic E-state index is 5.54. The van der Waals surface area contributed by atoms with Gasteiger partial charge < -0.3 is 0 Å². The first kappa shape index (κ1) is 8.29. The fourth-order valence-electron chi connectivity index (χ4n) is 0.505. The Morgan fingerprint density at radius 2 is 1.75 bits per heavy atom. The van der Waals surface area contributed by atoms with Crippen LogP contribution in [-0.2, 0) is 0 Å². The van der Waals surface area contributed by atoms with Crippen molar-refractivity contribution in [2.45, 2.75) is 27.2 Å². The van der Waals surface area contributed by atoms with Gasteiger partial charge in [-0.25, -0.2) is 0 Å². The van der Waals surface area contributed by atoms with Gasteiger partial charge in [0.2, 0.25) is 0 Å². The lowest BCUT2D eigenvalue weighted by molar-refractivity contribution is 0.409. The van der Waals surface area contributed by atoms with Crippen molar-refractivity contribution in [3.8, 4) is 0 Å². The minimum absolute atomic E-state index is 0.785. The molecule has 0 amide bonds. The summed E-state index contributed by atoms with van der Waals surface area (Å²) in [5, 5.41) is 0. The molecule has 0 fully saturated rings. The number of alkyl halides is 1. The molecule has 0 bridgehead atoms. The molecular formula is C7H15Cl. The molecule has 0 unspecified atom stereocenters. The monoisotopic (exact) mass is 134 g/mol. The second-order valence-corrected chi connectivity index (χ2v) is 3.08. The first-order valence-electron chi connectivity index (χ1n) is 3.24. The molecule has 0 saturated heterocycles. The van der Waals surface area contributed by atoms with E-state index >= 15 is 0 Å². The fourth-order valence-corrected chi connectivity index (χ4v) is 0.850. The summed E-state index contributed by atoms with van der Waals surface area (Å²) >= 11 is 5.54. The van der Waals surface area contributed by atoms with Crippen LogP contribution < -0.4 is 0 Å². The van der Waals surface area contributed by atoms with Gasteiger partial charge in [-0.15, -0.1) is 11.6 Å². The number of rotatable bonds is 3. The van der Waals surface area contributed by atoms with Crippen LogP contribution in [0, 0.1) is 11.8 Å². The molecule has 8 heavy (non-hydrogen) atoms. The molecule has 1 heteroatoms. The van der Waals surface area contributed by atoms with Crippen molar-refractivity contribution >= 4 is 11.6 Å². The van der Waals surface area contributed by atoms with Gasteiger partial charge in [-0.3, -0.25) is 0 Å². The molecule has 0 rings (SSSR count). The second kappa shape index (κ2) is 4.20. The predicted molar refractivity (Wildman–Crippen MR) is 39.3 cm³/mol. The van der Waals surface area contributed by atoms with Crippen LogP contribution in [0.4, 0.5) is 0 Å². The van der Waals surface area contributed by atoms with E-state index in [9.17, 15) is 0 Å². The minimum Gasteiger partial charge on any atom is -0.127 e. The van der Waals surface area contributed by atoms with Crippen LogP contribution in [0.15, 0.2) is 0 Å². The molecule has 0 radical (unpaired) electrons. The molecule has 1 atom stereocenters. The highest BCUT2D eigenvalue weighted by Gasteiger charge is 2.04. The van der Waals surface area contributed by atoms with E-state index in [0.29, 0.717) is 0 Å². The summed E-state index contributed by atoms with van der Waals surface area (Å²) in [5.74, 6) is 2.38. The maximum absolute atomic E-state index is 5.54. The molecule has 0 saturated carbocycles. The smallest absolute Gasteiger partial charge is 0.0226 e. The van der Waals surface area contributed by atoms with Gasteiger partial charge in [-0.05, 0) is 18.3 Å². The third-order valence-corrected chi connectivity index (χ3v) is 1.92. The highest BCUT2D eigenvalue weighted by atomic mass is 35.5. The number of hydrogen-bond donors (Lipinski definition) is 0. The van der Waals surface area contributed by atoms with Crippen molar-refractivity contribution in [2.24, 2.45) is 11.8 Å². The van der Waals surface area contributed by atoms with Crippen LogP contribution in [0.2, 0.25) is 0 Å². The van der Waals surface area contributed by atoms with Crippen molar-refractivity contribution in [1.82, 2.24) is 0 Å². The SMILES string of the molecule is CC(C)[C@H](C)CCCl. The summed E-state index contributed by atoms with van der Waals surface area (Å²) in [7, 11) is 0. The first-order chi connectivity index (χ1) is 3.68. The van der Waals surface area contributed by atoms with Crippen molar-refractivity contribution in [3.05, 3.63) is 0 Å². The van der Waals surface area contributed by atoms with Crippen molar-refractivity contribution in [2.75, 3.05) is 5.88 Å². The van der Waals surface area contributed by atoms with E-state index in [1.165, 1.54) is 0 Å². The Hall–Kier alpha value is 0.290. The fraction of sp³-hybridized carbons (Fsp3) is 1.00. The topological polar surface area (TPSA) is 0 Å². The van der Waals surface area contributed by atoms with Gasteiger partial charge >= 0.3 is 0 Å². The average Bonchev–Trinajstić information content (AvgIpc) is 1.67. The van der Waals surface area contributed by atoms with E-state index in [1.54, 1.807) is 0 Å². The van der Waals surface area contributed by atoms with Gasteiger partial charge in [0.25, 0.3) is 0 Å². The number of halogens is 1. The molecule has 0 aliphatic rings. The zero-order valence-corrected chi connectivity index (χ0v) is 6.70. The van der Waals surface area contributed by atoms with E-state index in [-0.39, 0.29) is 0 Å². The van der Waals surface area contributed by atoms with Crippen molar-refractivity contribution < 1.29 is 0 Å². The maximum Gasteiger partial charge on any atom is 0.0226 e. The Bertz CT molecular complexity index is 50.3. The van der Waals surface area contributed by atoms with E-state index in [4.69, 9.17) is 11.6 Å². The largest absolute Gasteiger partial charge is 0.127 e. The molecule has 0 aromatic carbocycles. The Labute approximate surface area is 57.2 Å². The van der Waals surface area contributed by atoms with Gasteiger partial charge in [-0.2, -0.15) is 0 Å². The normalized spacial score (nSPS) is 14.6. The van der Waals surface area contributed by atoms with Crippen molar-refractivity contribution in [1.29, 1.82) is 0 Å². The standard InChI is InChI=1S/C7H15Cl/c1-6(2)7(3)4-5-8/h6-7H,4-5H2,1-3H3/t7-/m1/s1. The van der Waals surface area contributed by atoms with Crippen LogP contribution in [0.3, 0.4) is 0 Å². The highest BCUT2D eigenvalue weighted by Crippen LogP contribution is 2.13. The van der Waals surface area contributed by atoms with E-state index in [2.05, 4.69) is 20.8 Å². The summed E-state index contributed by atoms with van der Waals surface area (Å²) in [6, 6.07) is 0.